The topological polar surface area (TPSA) is 16.4 Å². The summed E-state index contributed by atoms with van der Waals surface area (Å²) in [6.45, 7) is 4.71. The van der Waals surface area contributed by atoms with Crippen molar-refractivity contribution >= 4 is 49.8 Å². The van der Waals surface area contributed by atoms with Crippen LogP contribution in [-0.2, 0) is 5.41 Å². The van der Waals surface area contributed by atoms with Crippen molar-refractivity contribution in [1.29, 1.82) is 0 Å². The molecule has 11 rings (SSSR count). The number of hydrogen-bond donors (Lipinski definition) is 0. The van der Waals surface area contributed by atoms with Crippen molar-refractivity contribution in [2.24, 2.45) is 0 Å². The lowest BCUT2D eigenvalue weighted by molar-refractivity contribution is 0.660. The third-order valence-corrected chi connectivity index (χ3v) is 12.1. The van der Waals surface area contributed by atoms with E-state index in [0.717, 1.165) is 55.7 Å². The van der Waals surface area contributed by atoms with E-state index in [2.05, 4.69) is 213 Å². The van der Waals surface area contributed by atoms with E-state index in [1.807, 2.05) is 6.07 Å². The summed E-state index contributed by atoms with van der Waals surface area (Å²) in [5, 5.41) is 4.71. The van der Waals surface area contributed by atoms with Crippen molar-refractivity contribution in [3.8, 4) is 44.5 Å². The summed E-state index contributed by atoms with van der Waals surface area (Å²) in [6.07, 6.45) is 0. The molecule has 0 saturated carbocycles. The summed E-state index contributed by atoms with van der Waals surface area (Å²) in [5.41, 5.74) is 17.4. The zero-order valence-electron chi connectivity index (χ0n) is 31.9. The van der Waals surface area contributed by atoms with E-state index >= 15 is 0 Å². The normalized spacial score (nSPS) is 12.9. The van der Waals surface area contributed by atoms with Crippen LogP contribution in [0.2, 0.25) is 0 Å². The highest BCUT2D eigenvalue weighted by Crippen LogP contribution is 2.54. The average molecular weight is 730 g/mol. The lowest BCUT2D eigenvalue weighted by atomic mass is 9.82. The van der Waals surface area contributed by atoms with Crippen LogP contribution >= 0.6 is 0 Å². The van der Waals surface area contributed by atoms with Gasteiger partial charge in [-0.05, 0) is 97.7 Å². The molecular weight excluding hydrogens is 691 g/mol. The van der Waals surface area contributed by atoms with Gasteiger partial charge >= 0.3 is 0 Å². The molecule has 1 aliphatic carbocycles. The van der Waals surface area contributed by atoms with E-state index in [4.69, 9.17) is 4.42 Å². The van der Waals surface area contributed by atoms with Crippen molar-refractivity contribution in [3.05, 3.63) is 211 Å². The lowest BCUT2D eigenvalue weighted by Crippen LogP contribution is -2.15. The molecule has 270 valence electrons. The Bertz CT molecular complexity index is 3180. The Balaban J connectivity index is 1.17. The quantitative estimate of drug-likeness (QED) is 0.169. The SMILES string of the molecule is CC1(C)c2ccccc2-c2c(-c3ccccc3N(c3cccc(-c4cccc5oc6ccccc6c45)c3)c3ccccc3-c3ccc4ccccc4c3)cccc21. The van der Waals surface area contributed by atoms with Crippen LogP contribution in [0.5, 0.6) is 0 Å². The molecule has 9 aromatic carbocycles. The van der Waals surface area contributed by atoms with Crippen LogP contribution in [0.4, 0.5) is 17.1 Å². The summed E-state index contributed by atoms with van der Waals surface area (Å²) in [6, 6.07) is 72.8. The molecule has 2 heteroatoms. The molecule has 1 aliphatic rings. The highest BCUT2D eigenvalue weighted by Gasteiger charge is 2.37. The van der Waals surface area contributed by atoms with Crippen molar-refractivity contribution in [1.82, 2.24) is 0 Å². The predicted octanol–water partition coefficient (Wildman–Crippen LogP) is 15.5. The first-order valence-electron chi connectivity index (χ1n) is 19.8. The maximum absolute atomic E-state index is 6.36. The van der Waals surface area contributed by atoms with E-state index in [1.54, 1.807) is 0 Å². The van der Waals surface area contributed by atoms with Gasteiger partial charge in [-0.1, -0.05) is 172 Å². The molecule has 2 nitrogen and oxygen atoms in total. The van der Waals surface area contributed by atoms with Gasteiger partial charge < -0.3 is 9.32 Å². The molecule has 57 heavy (non-hydrogen) atoms. The van der Waals surface area contributed by atoms with Crippen molar-refractivity contribution < 1.29 is 4.42 Å². The second-order valence-electron chi connectivity index (χ2n) is 15.7. The number of furan rings is 1. The molecule has 0 amide bonds. The summed E-state index contributed by atoms with van der Waals surface area (Å²) in [4.78, 5) is 2.47. The Labute approximate surface area is 332 Å². The first-order valence-corrected chi connectivity index (χ1v) is 19.8. The van der Waals surface area contributed by atoms with Gasteiger partial charge in [-0.15, -0.1) is 0 Å². The highest BCUT2D eigenvalue weighted by molar-refractivity contribution is 6.12. The number of fused-ring (bicyclic) bond motifs is 7. The molecule has 0 saturated heterocycles. The third kappa shape index (κ3) is 5.25. The van der Waals surface area contributed by atoms with Crippen LogP contribution in [0, 0.1) is 0 Å². The highest BCUT2D eigenvalue weighted by atomic mass is 16.3. The van der Waals surface area contributed by atoms with Crippen molar-refractivity contribution in [3.63, 3.8) is 0 Å². The smallest absolute Gasteiger partial charge is 0.136 e. The molecule has 1 heterocycles. The predicted molar refractivity (Wildman–Crippen MR) is 240 cm³/mol. The van der Waals surface area contributed by atoms with E-state index in [1.165, 1.54) is 49.7 Å². The first-order chi connectivity index (χ1) is 28.0. The standard InChI is InChI=1S/C55H39NO/c1-55(2)47-26-9-5-22-45(47)53-44(25-14-27-48(53)55)43-21-7-11-29-50(43)56(49-28-10-6-20-41(49)39-33-32-36-16-3-4-17-37(36)34-39)40-19-13-18-38(35-40)42-24-15-31-52-54(42)46-23-8-12-30-51(46)57-52/h3-35H,1-2H3. The Morgan fingerprint density at radius 3 is 1.88 bits per heavy atom. The zero-order chi connectivity index (χ0) is 38.1. The van der Waals surface area contributed by atoms with Gasteiger partial charge in [0, 0.05) is 33.0 Å². The Kier molecular flexibility index (Phi) is 7.55. The van der Waals surface area contributed by atoms with Crippen LogP contribution in [-0.4, -0.2) is 0 Å². The van der Waals surface area contributed by atoms with E-state index in [9.17, 15) is 0 Å². The van der Waals surface area contributed by atoms with E-state index in [-0.39, 0.29) is 5.41 Å². The molecule has 0 spiro atoms. The van der Waals surface area contributed by atoms with Gasteiger partial charge in [0.2, 0.25) is 0 Å². The molecule has 0 atom stereocenters. The molecule has 0 aliphatic heterocycles. The Hall–Kier alpha value is -7.16. The molecule has 0 bridgehead atoms. The van der Waals surface area contributed by atoms with Gasteiger partial charge in [0.25, 0.3) is 0 Å². The minimum atomic E-state index is -0.105. The van der Waals surface area contributed by atoms with Gasteiger partial charge in [-0.2, -0.15) is 0 Å². The molecule has 0 N–H and O–H groups in total. The second-order valence-corrected chi connectivity index (χ2v) is 15.7. The molecule has 0 radical (unpaired) electrons. The number of rotatable bonds is 6. The van der Waals surface area contributed by atoms with E-state index in [0.29, 0.717) is 0 Å². The monoisotopic (exact) mass is 729 g/mol. The van der Waals surface area contributed by atoms with Crippen molar-refractivity contribution in [2.45, 2.75) is 19.3 Å². The van der Waals surface area contributed by atoms with Gasteiger partial charge in [0.15, 0.2) is 0 Å². The largest absolute Gasteiger partial charge is 0.456 e. The molecule has 1 aromatic heterocycles. The number of benzene rings is 9. The van der Waals surface area contributed by atoms with Crippen LogP contribution in [0.3, 0.4) is 0 Å². The van der Waals surface area contributed by atoms with E-state index < -0.39 is 0 Å². The first kappa shape index (κ1) is 33.2. The number of anilines is 3. The van der Waals surface area contributed by atoms with Gasteiger partial charge in [0.05, 0.1) is 11.4 Å². The summed E-state index contributed by atoms with van der Waals surface area (Å²) < 4.78 is 6.36. The maximum atomic E-state index is 6.36. The van der Waals surface area contributed by atoms with Crippen LogP contribution < -0.4 is 4.90 Å². The van der Waals surface area contributed by atoms with Crippen LogP contribution in [0.15, 0.2) is 205 Å². The fourth-order valence-corrected chi connectivity index (χ4v) is 9.38. The van der Waals surface area contributed by atoms with Gasteiger partial charge in [-0.25, -0.2) is 0 Å². The summed E-state index contributed by atoms with van der Waals surface area (Å²) >= 11 is 0. The minimum Gasteiger partial charge on any atom is -0.456 e. The molecule has 0 unspecified atom stereocenters. The van der Waals surface area contributed by atoms with Gasteiger partial charge in [-0.3, -0.25) is 0 Å². The lowest BCUT2D eigenvalue weighted by Gasteiger charge is -2.31. The van der Waals surface area contributed by atoms with Crippen molar-refractivity contribution in [2.75, 3.05) is 4.90 Å². The molecule has 0 fully saturated rings. The zero-order valence-corrected chi connectivity index (χ0v) is 31.9. The minimum absolute atomic E-state index is 0.105. The summed E-state index contributed by atoms with van der Waals surface area (Å²) in [7, 11) is 0. The van der Waals surface area contributed by atoms with Gasteiger partial charge in [0.1, 0.15) is 11.2 Å². The molecular formula is C55H39NO. The fraction of sp³-hybridized carbons (Fsp3) is 0.0545. The number of hydrogen-bond acceptors (Lipinski definition) is 2. The Morgan fingerprint density at radius 1 is 0.404 bits per heavy atom. The summed E-state index contributed by atoms with van der Waals surface area (Å²) in [5.74, 6) is 0. The van der Waals surface area contributed by atoms with Crippen LogP contribution in [0.25, 0.3) is 77.2 Å². The number of para-hydroxylation sites is 3. The van der Waals surface area contributed by atoms with Crippen LogP contribution in [0.1, 0.15) is 25.0 Å². The third-order valence-electron chi connectivity index (χ3n) is 12.1. The maximum Gasteiger partial charge on any atom is 0.136 e. The number of nitrogens with zero attached hydrogens (tertiary/aromatic N) is 1. The fourth-order valence-electron chi connectivity index (χ4n) is 9.38. The Morgan fingerprint density at radius 2 is 1.00 bits per heavy atom. The average Bonchev–Trinajstić information content (AvgIpc) is 3.76. The second kappa shape index (κ2) is 13.0. The molecule has 10 aromatic rings.